The van der Waals surface area contributed by atoms with Gasteiger partial charge in [0, 0.05) is 17.1 Å². The highest BCUT2D eigenvalue weighted by Crippen LogP contribution is 2.15. The first kappa shape index (κ1) is 10.8. The molecule has 2 heterocycles. The van der Waals surface area contributed by atoms with E-state index in [9.17, 15) is 4.79 Å². The summed E-state index contributed by atoms with van der Waals surface area (Å²) in [5.41, 5.74) is 2.22. The molecule has 0 unspecified atom stereocenters. The van der Waals surface area contributed by atoms with Crippen LogP contribution in [-0.4, -0.2) is 25.2 Å². The molecule has 0 saturated carbocycles. The smallest absolute Gasteiger partial charge is 0.257 e. The molecule has 7 heteroatoms. The number of nitrogens with zero attached hydrogens (tertiary/aromatic N) is 3. The molecule has 0 aliphatic heterocycles. The van der Waals surface area contributed by atoms with Crippen LogP contribution in [0.4, 0.5) is 5.13 Å². The zero-order valence-electron chi connectivity index (χ0n) is 9.47. The van der Waals surface area contributed by atoms with E-state index in [1.807, 2.05) is 0 Å². The zero-order chi connectivity index (χ0) is 12.5. The predicted molar refractivity (Wildman–Crippen MR) is 68.7 cm³/mol. The van der Waals surface area contributed by atoms with E-state index in [2.05, 4.69) is 24.6 Å². The number of anilines is 1. The summed E-state index contributed by atoms with van der Waals surface area (Å²) in [4.78, 5) is 23.1. The Morgan fingerprint density at radius 2 is 2.33 bits per heavy atom. The molecule has 2 aromatic heterocycles. The van der Waals surface area contributed by atoms with Gasteiger partial charge in [0.25, 0.3) is 5.91 Å². The van der Waals surface area contributed by atoms with Gasteiger partial charge in [0.2, 0.25) is 5.13 Å². The molecule has 3 aromatic rings. The third-order valence-electron chi connectivity index (χ3n) is 2.43. The first-order valence-electron chi connectivity index (χ1n) is 5.27. The van der Waals surface area contributed by atoms with Crippen molar-refractivity contribution in [3.63, 3.8) is 0 Å². The van der Waals surface area contributed by atoms with Gasteiger partial charge in [-0.1, -0.05) is 0 Å². The molecule has 0 radical (unpaired) electrons. The molecule has 90 valence electrons. The lowest BCUT2D eigenvalue weighted by Gasteiger charge is -2.00. The second-order valence-electron chi connectivity index (χ2n) is 3.74. The lowest BCUT2D eigenvalue weighted by molar-refractivity contribution is 0.102. The minimum absolute atomic E-state index is 0.206. The number of carbonyl (C=O) groups excluding carboxylic acids is 1. The Hall–Kier alpha value is -2.28. The number of benzene rings is 1. The van der Waals surface area contributed by atoms with Crippen LogP contribution in [0.3, 0.4) is 0 Å². The van der Waals surface area contributed by atoms with E-state index < -0.39 is 0 Å². The van der Waals surface area contributed by atoms with E-state index >= 15 is 0 Å². The quantitative estimate of drug-likeness (QED) is 0.737. The van der Waals surface area contributed by atoms with E-state index in [0.717, 1.165) is 22.6 Å². The van der Waals surface area contributed by atoms with Crippen molar-refractivity contribution in [2.24, 2.45) is 0 Å². The lowest BCUT2D eigenvalue weighted by Crippen LogP contribution is -2.11. The summed E-state index contributed by atoms with van der Waals surface area (Å²) in [7, 11) is 0. The van der Waals surface area contributed by atoms with Gasteiger partial charge < -0.3 is 4.98 Å². The molecule has 0 fully saturated rings. The number of aromatic nitrogens is 4. The van der Waals surface area contributed by atoms with Crippen molar-refractivity contribution in [1.82, 2.24) is 19.3 Å². The fourth-order valence-corrected chi connectivity index (χ4v) is 2.16. The van der Waals surface area contributed by atoms with Gasteiger partial charge in [-0.2, -0.15) is 4.37 Å². The van der Waals surface area contributed by atoms with Crippen LogP contribution in [0.5, 0.6) is 0 Å². The van der Waals surface area contributed by atoms with Crippen molar-refractivity contribution in [2.75, 3.05) is 5.32 Å². The van der Waals surface area contributed by atoms with E-state index in [1.165, 1.54) is 0 Å². The van der Waals surface area contributed by atoms with E-state index in [0.29, 0.717) is 16.5 Å². The summed E-state index contributed by atoms with van der Waals surface area (Å²) < 4.78 is 4.00. The SMILES string of the molecule is Cc1nsc(NC(=O)c2ccc3nc[nH]c3c2)n1. The van der Waals surface area contributed by atoms with Gasteiger partial charge in [-0.25, -0.2) is 9.97 Å². The maximum atomic E-state index is 12.0. The molecule has 0 spiro atoms. The van der Waals surface area contributed by atoms with E-state index in [-0.39, 0.29) is 5.91 Å². The number of amides is 1. The van der Waals surface area contributed by atoms with E-state index in [1.54, 1.807) is 31.5 Å². The van der Waals surface area contributed by atoms with Crippen LogP contribution >= 0.6 is 11.5 Å². The second-order valence-corrected chi connectivity index (χ2v) is 4.49. The predicted octanol–water partition coefficient (Wildman–Crippen LogP) is 1.98. The molecular formula is C11H9N5OS. The van der Waals surface area contributed by atoms with Gasteiger partial charge in [0.15, 0.2) is 0 Å². The molecule has 0 aliphatic rings. The van der Waals surface area contributed by atoms with Crippen molar-refractivity contribution < 1.29 is 4.79 Å². The highest BCUT2D eigenvalue weighted by Gasteiger charge is 2.10. The number of rotatable bonds is 2. The Morgan fingerprint density at radius 3 is 3.11 bits per heavy atom. The number of aromatic amines is 1. The number of nitrogens with one attached hydrogen (secondary N) is 2. The Balaban J connectivity index is 1.87. The summed E-state index contributed by atoms with van der Waals surface area (Å²) >= 11 is 1.16. The topological polar surface area (TPSA) is 83.6 Å². The molecule has 1 aromatic carbocycles. The number of hydrogen-bond acceptors (Lipinski definition) is 5. The van der Waals surface area contributed by atoms with Crippen LogP contribution in [0.15, 0.2) is 24.5 Å². The molecule has 3 rings (SSSR count). The summed E-state index contributed by atoms with van der Waals surface area (Å²) in [6, 6.07) is 5.28. The van der Waals surface area contributed by atoms with Crippen LogP contribution in [-0.2, 0) is 0 Å². The van der Waals surface area contributed by atoms with Crippen molar-refractivity contribution in [3.05, 3.63) is 35.9 Å². The van der Waals surface area contributed by atoms with Crippen molar-refractivity contribution in [2.45, 2.75) is 6.92 Å². The highest BCUT2D eigenvalue weighted by molar-refractivity contribution is 7.09. The van der Waals surface area contributed by atoms with Crippen LogP contribution < -0.4 is 5.32 Å². The third kappa shape index (κ3) is 1.95. The Bertz CT molecular complexity index is 717. The normalized spacial score (nSPS) is 10.7. The molecule has 0 aliphatic carbocycles. The van der Waals surface area contributed by atoms with Crippen molar-refractivity contribution >= 4 is 33.6 Å². The maximum absolute atomic E-state index is 12.0. The van der Waals surface area contributed by atoms with Crippen molar-refractivity contribution in [1.29, 1.82) is 0 Å². The molecular weight excluding hydrogens is 250 g/mol. The molecule has 0 bridgehead atoms. The van der Waals surface area contributed by atoms with Gasteiger partial charge in [0.05, 0.1) is 17.4 Å². The van der Waals surface area contributed by atoms with Crippen LogP contribution in [0.2, 0.25) is 0 Å². The number of hydrogen-bond donors (Lipinski definition) is 2. The van der Waals surface area contributed by atoms with Crippen LogP contribution in [0.25, 0.3) is 11.0 Å². The fraction of sp³-hybridized carbons (Fsp3) is 0.0909. The highest BCUT2D eigenvalue weighted by atomic mass is 32.1. The summed E-state index contributed by atoms with van der Waals surface area (Å²) in [5, 5.41) is 3.21. The second kappa shape index (κ2) is 4.19. The maximum Gasteiger partial charge on any atom is 0.257 e. The summed E-state index contributed by atoms with van der Waals surface area (Å²) in [6.45, 7) is 1.78. The van der Waals surface area contributed by atoms with E-state index in [4.69, 9.17) is 0 Å². The van der Waals surface area contributed by atoms with Crippen molar-refractivity contribution in [3.8, 4) is 0 Å². The minimum atomic E-state index is -0.206. The van der Waals surface area contributed by atoms with Gasteiger partial charge in [-0.05, 0) is 25.1 Å². The minimum Gasteiger partial charge on any atom is -0.345 e. The standard InChI is InChI=1S/C11H9N5OS/c1-6-14-11(18-16-6)15-10(17)7-2-3-8-9(4-7)13-5-12-8/h2-5H,1H3,(H,12,13)(H,14,15,16,17). The molecule has 6 nitrogen and oxygen atoms in total. The molecule has 2 N–H and O–H groups in total. The summed E-state index contributed by atoms with van der Waals surface area (Å²) in [5.74, 6) is 0.446. The molecule has 0 atom stereocenters. The number of carbonyl (C=O) groups is 1. The fourth-order valence-electron chi connectivity index (χ4n) is 1.59. The largest absolute Gasteiger partial charge is 0.345 e. The van der Waals surface area contributed by atoms with Gasteiger partial charge >= 0.3 is 0 Å². The number of imidazole rings is 1. The average Bonchev–Trinajstić information content (AvgIpc) is 2.96. The molecule has 1 amide bonds. The zero-order valence-corrected chi connectivity index (χ0v) is 10.3. The Morgan fingerprint density at radius 1 is 1.44 bits per heavy atom. The monoisotopic (exact) mass is 259 g/mol. The number of H-pyrrole nitrogens is 1. The van der Waals surface area contributed by atoms with Crippen LogP contribution in [0, 0.1) is 6.92 Å². The molecule has 18 heavy (non-hydrogen) atoms. The van der Waals surface area contributed by atoms with Gasteiger partial charge in [-0.3, -0.25) is 10.1 Å². The Kier molecular flexibility index (Phi) is 2.52. The molecule has 0 saturated heterocycles. The Labute approximate surface area is 106 Å². The first-order chi connectivity index (χ1) is 8.72. The summed E-state index contributed by atoms with van der Waals surface area (Å²) in [6.07, 6.45) is 1.60. The third-order valence-corrected chi connectivity index (χ3v) is 3.15. The first-order valence-corrected chi connectivity index (χ1v) is 6.04. The van der Waals surface area contributed by atoms with Crippen LogP contribution in [0.1, 0.15) is 16.2 Å². The lowest BCUT2D eigenvalue weighted by atomic mass is 10.2. The van der Waals surface area contributed by atoms with Gasteiger partial charge in [-0.15, -0.1) is 0 Å². The average molecular weight is 259 g/mol. The number of aryl methyl sites for hydroxylation is 1. The van der Waals surface area contributed by atoms with Gasteiger partial charge in [0.1, 0.15) is 5.82 Å². The number of fused-ring (bicyclic) bond motifs is 1.